The van der Waals surface area contributed by atoms with Crippen LogP contribution in [0.25, 0.3) is 0 Å². The second-order valence-corrected chi connectivity index (χ2v) is 8.49. The molecule has 3 heterocycles. The van der Waals surface area contributed by atoms with Crippen LogP contribution in [0.15, 0.2) is 42.5 Å². The normalized spacial score (nSPS) is 21.4. The van der Waals surface area contributed by atoms with E-state index in [0.717, 1.165) is 11.3 Å². The summed E-state index contributed by atoms with van der Waals surface area (Å²) in [5.41, 5.74) is 2.22. The van der Waals surface area contributed by atoms with E-state index in [4.69, 9.17) is 4.74 Å². The Bertz CT molecular complexity index is 1180. The summed E-state index contributed by atoms with van der Waals surface area (Å²) < 4.78 is 4.78. The standard InChI is InChI=1S/C24H23N3O5/c1-24-11-9-20(28)27(24)19-6-4-3-5-17(19)22(30)26(24)14-21(29)25-12-10-15-13-16(23(31)32-2)7-8-18(15)25/h3-8,13H,9-12,14H2,1-2H3. The van der Waals surface area contributed by atoms with Gasteiger partial charge < -0.3 is 14.5 Å². The number of esters is 1. The number of rotatable bonds is 3. The molecule has 0 aliphatic carbocycles. The van der Waals surface area contributed by atoms with Gasteiger partial charge in [0.15, 0.2) is 0 Å². The predicted octanol–water partition coefficient (Wildman–Crippen LogP) is 2.36. The zero-order chi connectivity index (χ0) is 22.6. The Morgan fingerprint density at radius 2 is 1.84 bits per heavy atom. The van der Waals surface area contributed by atoms with Crippen molar-refractivity contribution in [3.63, 3.8) is 0 Å². The van der Waals surface area contributed by atoms with Crippen LogP contribution in [-0.2, 0) is 20.7 Å². The highest BCUT2D eigenvalue weighted by Gasteiger charge is 2.53. The summed E-state index contributed by atoms with van der Waals surface area (Å²) in [6.07, 6.45) is 1.41. The Balaban J connectivity index is 1.45. The van der Waals surface area contributed by atoms with Crippen LogP contribution in [0, 0.1) is 0 Å². The molecule has 1 fully saturated rings. The van der Waals surface area contributed by atoms with Gasteiger partial charge in [-0.3, -0.25) is 19.3 Å². The number of hydrogen-bond donors (Lipinski definition) is 0. The molecule has 1 saturated heterocycles. The topological polar surface area (TPSA) is 87.2 Å². The van der Waals surface area contributed by atoms with E-state index in [1.54, 1.807) is 46.2 Å². The van der Waals surface area contributed by atoms with Crippen molar-refractivity contribution >= 4 is 35.1 Å². The largest absolute Gasteiger partial charge is 0.465 e. The molecule has 164 valence electrons. The van der Waals surface area contributed by atoms with Crippen molar-refractivity contribution in [2.45, 2.75) is 31.8 Å². The number of benzene rings is 2. The zero-order valence-electron chi connectivity index (χ0n) is 18.0. The van der Waals surface area contributed by atoms with Crippen LogP contribution in [0.3, 0.4) is 0 Å². The van der Waals surface area contributed by atoms with Crippen molar-refractivity contribution in [2.75, 3.05) is 30.0 Å². The number of methoxy groups -OCH3 is 1. The lowest BCUT2D eigenvalue weighted by Crippen LogP contribution is -2.64. The maximum Gasteiger partial charge on any atom is 0.337 e. The van der Waals surface area contributed by atoms with Crippen molar-refractivity contribution in [3.8, 4) is 0 Å². The molecule has 0 saturated carbocycles. The van der Waals surface area contributed by atoms with E-state index in [2.05, 4.69) is 0 Å². The third-order valence-electron chi connectivity index (χ3n) is 6.74. The van der Waals surface area contributed by atoms with Crippen LogP contribution in [0.1, 0.15) is 46.0 Å². The highest BCUT2D eigenvalue weighted by atomic mass is 16.5. The number of amides is 3. The van der Waals surface area contributed by atoms with Crippen LogP contribution < -0.4 is 9.80 Å². The molecule has 5 rings (SSSR count). The molecule has 3 aliphatic heterocycles. The highest BCUT2D eigenvalue weighted by Crippen LogP contribution is 2.44. The Labute approximate surface area is 185 Å². The smallest absolute Gasteiger partial charge is 0.337 e. The van der Waals surface area contributed by atoms with Gasteiger partial charge in [-0.15, -0.1) is 0 Å². The van der Waals surface area contributed by atoms with Crippen LogP contribution >= 0.6 is 0 Å². The zero-order valence-corrected chi connectivity index (χ0v) is 18.0. The average molecular weight is 433 g/mol. The molecule has 2 aromatic carbocycles. The van der Waals surface area contributed by atoms with E-state index in [-0.39, 0.29) is 24.3 Å². The van der Waals surface area contributed by atoms with Crippen LogP contribution in [-0.4, -0.2) is 54.5 Å². The SMILES string of the molecule is COC(=O)c1ccc2c(c1)CCN2C(=O)CN1C(=O)c2ccccc2N2C(=O)CCC12C. The Hall–Kier alpha value is -3.68. The van der Waals surface area contributed by atoms with Crippen molar-refractivity contribution in [1.82, 2.24) is 4.90 Å². The summed E-state index contributed by atoms with van der Waals surface area (Å²) >= 11 is 0. The van der Waals surface area contributed by atoms with Crippen molar-refractivity contribution in [1.29, 1.82) is 0 Å². The molecular weight excluding hydrogens is 410 g/mol. The maximum atomic E-state index is 13.4. The maximum absolute atomic E-state index is 13.4. The fraction of sp³-hybridized carbons (Fsp3) is 0.333. The second-order valence-electron chi connectivity index (χ2n) is 8.49. The third kappa shape index (κ3) is 2.82. The summed E-state index contributed by atoms with van der Waals surface area (Å²) in [7, 11) is 1.33. The fourth-order valence-corrected chi connectivity index (χ4v) is 5.07. The number of carbonyl (C=O) groups is 4. The van der Waals surface area contributed by atoms with Gasteiger partial charge in [-0.05, 0) is 55.7 Å². The van der Waals surface area contributed by atoms with Crippen molar-refractivity contribution < 1.29 is 23.9 Å². The average Bonchev–Trinajstić information content (AvgIpc) is 3.36. The second kappa shape index (κ2) is 7.19. The van der Waals surface area contributed by atoms with Crippen LogP contribution in [0.5, 0.6) is 0 Å². The number of carbonyl (C=O) groups excluding carboxylic acids is 4. The molecule has 3 amide bonds. The molecule has 0 radical (unpaired) electrons. The number of ether oxygens (including phenoxy) is 1. The van der Waals surface area contributed by atoms with E-state index in [0.29, 0.717) is 42.6 Å². The van der Waals surface area contributed by atoms with Gasteiger partial charge in [-0.2, -0.15) is 0 Å². The fourth-order valence-electron chi connectivity index (χ4n) is 5.07. The molecule has 2 aromatic rings. The number of hydrogen-bond acceptors (Lipinski definition) is 5. The Morgan fingerprint density at radius 1 is 1.06 bits per heavy atom. The van der Waals surface area contributed by atoms with Gasteiger partial charge in [0.05, 0.1) is 23.9 Å². The highest BCUT2D eigenvalue weighted by molar-refractivity contribution is 6.11. The van der Waals surface area contributed by atoms with Crippen molar-refractivity contribution in [2.24, 2.45) is 0 Å². The molecule has 0 aromatic heterocycles. The minimum atomic E-state index is -0.879. The van der Waals surface area contributed by atoms with Gasteiger partial charge in [-0.1, -0.05) is 12.1 Å². The van der Waals surface area contributed by atoms with Gasteiger partial charge >= 0.3 is 5.97 Å². The van der Waals surface area contributed by atoms with Gasteiger partial charge in [0.2, 0.25) is 11.8 Å². The summed E-state index contributed by atoms with van der Waals surface area (Å²) in [4.78, 5) is 56.1. The quantitative estimate of drug-likeness (QED) is 0.694. The lowest BCUT2D eigenvalue weighted by Gasteiger charge is -2.48. The van der Waals surface area contributed by atoms with E-state index < -0.39 is 11.6 Å². The molecule has 32 heavy (non-hydrogen) atoms. The van der Waals surface area contributed by atoms with Gasteiger partial charge in [0.1, 0.15) is 12.2 Å². The van der Waals surface area contributed by atoms with Crippen LogP contribution in [0.2, 0.25) is 0 Å². The number of para-hydroxylation sites is 1. The molecule has 0 spiro atoms. The Morgan fingerprint density at radius 3 is 2.62 bits per heavy atom. The number of anilines is 2. The molecular formula is C24H23N3O5. The molecule has 1 atom stereocenters. The van der Waals surface area contributed by atoms with E-state index in [9.17, 15) is 19.2 Å². The van der Waals surface area contributed by atoms with E-state index in [1.807, 2.05) is 13.0 Å². The first-order valence-electron chi connectivity index (χ1n) is 10.6. The number of nitrogens with zero attached hydrogens (tertiary/aromatic N) is 3. The Kier molecular flexibility index (Phi) is 4.54. The predicted molar refractivity (Wildman–Crippen MR) is 116 cm³/mol. The molecule has 3 aliphatic rings. The first-order valence-corrected chi connectivity index (χ1v) is 10.6. The summed E-state index contributed by atoms with van der Waals surface area (Å²) in [5, 5.41) is 0. The number of fused-ring (bicyclic) bond motifs is 4. The molecule has 0 N–H and O–H groups in total. The van der Waals surface area contributed by atoms with Crippen LogP contribution in [0.4, 0.5) is 11.4 Å². The van der Waals surface area contributed by atoms with Gasteiger partial charge in [0, 0.05) is 18.7 Å². The molecule has 8 nitrogen and oxygen atoms in total. The molecule has 1 unspecified atom stereocenters. The summed E-state index contributed by atoms with van der Waals surface area (Å²) in [5.74, 6) is -0.938. The lowest BCUT2D eigenvalue weighted by atomic mass is 9.98. The molecule has 0 bridgehead atoms. The van der Waals surface area contributed by atoms with E-state index in [1.165, 1.54) is 12.0 Å². The minimum absolute atomic E-state index is 0.0493. The first-order chi connectivity index (χ1) is 15.3. The van der Waals surface area contributed by atoms with E-state index >= 15 is 0 Å². The first kappa shape index (κ1) is 20.2. The lowest BCUT2D eigenvalue weighted by molar-refractivity contribution is -0.121. The monoisotopic (exact) mass is 433 g/mol. The van der Waals surface area contributed by atoms with Gasteiger partial charge in [-0.25, -0.2) is 4.79 Å². The van der Waals surface area contributed by atoms with Gasteiger partial charge in [0.25, 0.3) is 5.91 Å². The minimum Gasteiger partial charge on any atom is -0.465 e. The molecule has 8 heteroatoms. The summed E-state index contributed by atoms with van der Waals surface area (Å²) in [6.45, 7) is 2.18. The summed E-state index contributed by atoms with van der Waals surface area (Å²) in [6, 6.07) is 12.2. The van der Waals surface area contributed by atoms with Crippen molar-refractivity contribution in [3.05, 3.63) is 59.2 Å². The third-order valence-corrected chi connectivity index (χ3v) is 6.74.